The third-order valence-electron chi connectivity index (χ3n) is 1.23. The average molecular weight is 301 g/mol. The van der Waals surface area contributed by atoms with E-state index in [4.69, 9.17) is 5.11 Å². The molecule has 0 saturated heterocycles. The van der Waals surface area contributed by atoms with Gasteiger partial charge in [-0.15, -0.1) is 0 Å². The SMILES string of the molecule is C=CC(=O)O.Fc1cc(Br)c(F)c(F)c1F. The van der Waals surface area contributed by atoms with Crippen LogP contribution < -0.4 is 0 Å². The molecule has 0 radical (unpaired) electrons. The van der Waals surface area contributed by atoms with E-state index in [0.29, 0.717) is 6.07 Å². The molecular formula is C9H5BrF4O2. The van der Waals surface area contributed by atoms with Crippen LogP contribution in [-0.4, -0.2) is 11.1 Å². The van der Waals surface area contributed by atoms with E-state index in [1.54, 1.807) is 0 Å². The van der Waals surface area contributed by atoms with E-state index < -0.39 is 33.7 Å². The molecule has 0 heterocycles. The second kappa shape index (κ2) is 6.26. The Balaban J connectivity index is 0.000000385. The molecule has 0 amide bonds. The van der Waals surface area contributed by atoms with E-state index >= 15 is 0 Å². The van der Waals surface area contributed by atoms with E-state index in [1.807, 2.05) is 0 Å². The van der Waals surface area contributed by atoms with Crippen molar-refractivity contribution in [2.24, 2.45) is 0 Å². The van der Waals surface area contributed by atoms with Crippen LogP contribution in [0.4, 0.5) is 17.6 Å². The van der Waals surface area contributed by atoms with Crippen LogP contribution in [-0.2, 0) is 4.79 Å². The van der Waals surface area contributed by atoms with Crippen molar-refractivity contribution in [2.75, 3.05) is 0 Å². The number of halogens is 5. The second-order valence-electron chi connectivity index (χ2n) is 2.32. The first-order valence-corrected chi connectivity index (χ1v) is 4.44. The van der Waals surface area contributed by atoms with Gasteiger partial charge in [0.25, 0.3) is 0 Å². The Morgan fingerprint density at radius 1 is 1.25 bits per heavy atom. The maximum Gasteiger partial charge on any atom is 0.327 e. The number of carbonyl (C=O) groups is 1. The summed E-state index contributed by atoms with van der Waals surface area (Å²) in [6.07, 6.45) is 0.833. The zero-order chi connectivity index (χ0) is 12.9. The minimum absolute atomic E-state index is 0.436. The van der Waals surface area contributed by atoms with Crippen molar-refractivity contribution in [3.05, 3.63) is 46.5 Å². The normalized spacial score (nSPS) is 9.06. The van der Waals surface area contributed by atoms with Gasteiger partial charge in [0, 0.05) is 6.08 Å². The lowest BCUT2D eigenvalue weighted by Gasteiger charge is -1.97. The standard InChI is InChI=1S/C6HBrF4.C3H4O2/c7-2-1-3(8)5(10)6(11)4(2)9;1-2-3(4)5/h1H;2H,1H2,(H,4,5). The third kappa shape index (κ3) is 4.01. The molecule has 0 fully saturated rings. The van der Waals surface area contributed by atoms with Crippen LogP contribution in [0.1, 0.15) is 0 Å². The Morgan fingerprint density at radius 2 is 1.69 bits per heavy atom. The monoisotopic (exact) mass is 300 g/mol. The van der Waals surface area contributed by atoms with Crippen molar-refractivity contribution in [3.8, 4) is 0 Å². The van der Waals surface area contributed by atoms with Crippen LogP contribution in [0, 0.1) is 23.3 Å². The third-order valence-corrected chi connectivity index (χ3v) is 1.81. The van der Waals surface area contributed by atoms with Crippen LogP contribution in [0.5, 0.6) is 0 Å². The fraction of sp³-hybridized carbons (Fsp3) is 0. The Bertz CT molecular complexity index is 394. The van der Waals surface area contributed by atoms with Crippen molar-refractivity contribution in [1.82, 2.24) is 0 Å². The van der Waals surface area contributed by atoms with Crippen LogP contribution in [0.2, 0.25) is 0 Å². The smallest absolute Gasteiger partial charge is 0.327 e. The lowest BCUT2D eigenvalue weighted by molar-refractivity contribution is -0.131. The minimum atomic E-state index is -1.81. The van der Waals surface area contributed by atoms with E-state index in [0.717, 1.165) is 6.08 Å². The first-order chi connectivity index (χ1) is 7.31. The van der Waals surface area contributed by atoms with Gasteiger partial charge in [-0.3, -0.25) is 0 Å². The highest BCUT2D eigenvalue weighted by Crippen LogP contribution is 2.22. The maximum absolute atomic E-state index is 12.3. The molecule has 1 N–H and O–H groups in total. The molecular weight excluding hydrogens is 296 g/mol. The molecule has 0 aliphatic carbocycles. The van der Waals surface area contributed by atoms with E-state index in [1.165, 1.54) is 0 Å². The molecule has 16 heavy (non-hydrogen) atoms. The number of carboxylic acid groups (broad SMARTS) is 1. The number of benzene rings is 1. The van der Waals surface area contributed by atoms with Crippen molar-refractivity contribution in [2.45, 2.75) is 0 Å². The minimum Gasteiger partial charge on any atom is -0.478 e. The summed E-state index contributed by atoms with van der Waals surface area (Å²) in [4.78, 5) is 9.25. The number of hydrogen-bond acceptors (Lipinski definition) is 1. The van der Waals surface area contributed by atoms with Gasteiger partial charge < -0.3 is 5.11 Å². The maximum atomic E-state index is 12.3. The molecule has 1 aromatic rings. The van der Waals surface area contributed by atoms with E-state index in [-0.39, 0.29) is 0 Å². The molecule has 0 aliphatic rings. The van der Waals surface area contributed by atoms with Gasteiger partial charge in [0.05, 0.1) is 4.47 Å². The first kappa shape index (κ1) is 14.6. The highest BCUT2D eigenvalue weighted by atomic mass is 79.9. The lowest BCUT2D eigenvalue weighted by Crippen LogP contribution is -1.95. The summed E-state index contributed by atoms with van der Waals surface area (Å²) < 4.78 is 48.5. The topological polar surface area (TPSA) is 37.3 Å². The van der Waals surface area contributed by atoms with Crippen LogP contribution >= 0.6 is 15.9 Å². The van der Waals surface area contributed by atoms with Gasteiger partial charge in [-0.2, -0.15) is 0 Å². The molecule has 0 unspecified atom stereocenters. The van der Waals surface area contributed by atoms with Crippen molar-refractivity contribution >= 4 is 21.9 Å². The summed E-state index contributed by atoms with van der Waals surface area (Å²) in [7, 11) is 0. The second-order valence-corrected chi connectivity index (χ2v) is 3.18. The van der Waals surface area contributed by atoms with Gasteiger partial charge in [0.1, 0.15) is 0 Å². The van der Waals surface area contributed by atoms with Gasteiger partial charge in [0.15, 0.2) is 23.3 Å². The predicted octanol–water partition coefficient (Wildman–Crippen LogP) is 3.26. The molecule has 1 aromatic carbocycles. The van der Waals surface area contributed by atoms with Crippen molar-refractivity contribution in [1.29, 1.82) is 0 Å². The Hall–Kier alpha value is -1.37. The number of carboxylic acids is 1. The van der Waals surface area contributed by atoms with Crippen LogP contribution in [0.15, 0.2) is 23.2 Å². The van der Waals surface area contributed by atoms with Crippen molar-refractivity contribution < 1.29 is 27.5 Å². The summed E-state index contributed by atoms with van der Waals surface area (Å²) in [6.45, 7) is 2.96. The van der Waals surface area contributed by atoms with Gasteiger partial charge in [-0.25, -0.2) is 22.4 Å². The predicted molar refractivity (Wildman–Crippen MR) is 51.8 cm³/mol. The number of aliphatic carboxylic acids is 1. The molecule has 0 spiro atoms. The molecule has 0 saturated carbocycles. The molecule has 7 heteroatoms. The lowest BCUT2D eigenvalue weighted by atomic mass is 10.3. The highest BCUT2D eigenvalue weighted by Gasteiger charge is 2.16. The molecule has 1 rings (SSSR count). The zero-order valence-electron chi connectivity index (χ0n) is 7.61. The number of hydrogen-bond donors (Lipinski definition) is 1. The molecule has 88 valence electrons. The summed E-state index contributed by atoms with van der Waals surface area (Å²) in [5.41, 5.74) is 0. The zero-order valence-corrected chi connectivity index (χ0v) is 9.19. The van der Waals surface area contributed by atoms with Gasteiger partial charge in [0.2, 0.25) is 0 Å². The Labute approximate surface area is 96.3 Å². The quantitative estimate of drug-likeness (QED) is 0.374. The largest absolute Gasteiger partial charge is 0.478 e. The van der Waals surface area contributed by atoms with Gasteiger partial charge in [-0.05, 0) is 22.0 Å². The molecule has 2 nitrogen and oxygen atoms in total. The number of rotatable bonds is 1. The summed E-state index contributed by atoms with van der Waals surface area (Å²) >= 11 is 2.51. The van der Waals surface area contributed by atoms with E-state index in [9.17, 15) is 22.4 Å². The van der Waals surface area contributed by atoms with Gasteiger partial charge in [-0.1, -0.05) is 6.58 Å². The Morgan fingerprint density at radius 3 is 2.06 bits per heavy atom. The summed E-state index contributed by atoms with van der Waals surface area (Å²) in [5, 5.41) is 7.60. The molecule has 0 atom stereocenters. The average Bonchev–Trinajstić information content (AvgIpc) is 2.24. The fourth-order valence-corrected chi connectivity index (χ4v) is 0.919. The van der Waals surface area contributed by atoms with Gasteiger partial charge >= 0.3 is 5.97 Å². The van der Waals surface area contributed by atoms with E-state index in [2.05, 4.69) is 22.5 Å². The summed E-state index contributed by atoms with van der Waals surface area (Å²) in [5.74, 6) is -7.44. The van der Waals surface area contributed by atoms with Crippen molar-refractivity contribution in [3.63, 3.8) is 0 Å². The summed E-state index contributed by atoms with van der Waals surface area (Å²) in [6, 6.07) is 0.522. The molecule has 0 aliphatic heterocycles. The molecule has 0 bridgehead atoms. The highest BCUT2D eigenvalue weighted by molar-refractivity contribution is 9.10. The van der Waals surface area contributed by atoms with Crippen LogP contribution in [0.25, 0.3) is 0 Å². The Kier molecular flexibility index (Phi) is 5.73. The fourth-order valence-electron chi connectivity index (χ4n) is 0.544. The molecule has 0 aromatic heterocycles. The first-order valence-electron chi connectivity index (χ1n) is 3.65. The van der Waals surface area contributed by atoms with Crippen LogP contribution in [0.3, 0.4) is 0 Å².